The van der Waals surface area contributed by atoms with Crippen molar-refractivity contribution in [2.24, 2.45) is 0 Å². The van der Waals surface area contributed by atoms with Crippen LogP contribution in [0.1, 0.15) is 65.2 Å². The van der Waals surface area contributed by atoms with Gasteiger partial charge in [-0.1, -0.05) is 52.4 Å². The smallest absolute Gasteiger partial charge is 0.234 e. The van der Waals surface area contributed by atoms with Crippen LogP contribution in [0.5, 0.6) is 0 Å². The molecule has 0 bridgehead atoms. The molecule has 23 heavy (non-hydrogen) atoms. The number of halogens is 1. The van der Waals surface area contributed by atoms with Crippen LogP contribution in [0.15, 0.2) is 0 Å². The summed E-state index contributed by atoms with van der Waals surface area (Å²) in [6.45, 7) is 4.31. The molecule has 0 fully saturated rings. The molecule has 0 amide bonds. The van der Waals surface area contributed by atoms with Gasteiger partial charge in [0.1, 0.15) is 0 Å². The van der Waals surface area contributed by atoms with Crippen molar-refractivity contribution in [1.29, 1.82) is 0 Å². The minimum Gasteiger partial charge on any atom is -0.234 e. The van der Waals surface area contributed by atoms with Crippen molar-refractivity contribution in [2.75, 3.05) is 36.5 Å². The van der Waals surface area contributed by atoms with E-state index in [2.05, 4.69) is 13.8 Å². The maximum absolute atomic E-state index is 14.4. The SMILES string of the molecule is CCCCCCS(C)(C)OP(=O)(F)OS(C)(C)CCCCCC. The fourth-order valence-corrected chi connectivity index (χ4v) is 8.90. The summed E-state index contributed by atoms with van der Waals surface area (Å²) < 4.78 is 37.2. The van der Waals surface area contributed by atoms with E-state index in [1.807, 2.05) is 25.0 Å². The molecule has 0 aliphatic carbocycles. The Bertz CT molecular complexity index is 335. The van der Waals surface area contributed by atoms with Crippen molar-refractivity contribution in [3.63, 3.8) is 0 Å². The lowest BCUT2D eigenvalue weighted by molar-refractivity contribution is 0.368. The highest BCUT2D eigenvalue weighted by atomic mass is 32.3. The van der Waals surface area contributed by atoms with Gasteiger partial charge in [0.25, 0.3) is 0 Å². The lowest BCUT2D eigenvalue weighted by Crippen LogP contribution is -2.08. The van der Waals surface area contributed by atoms with Gasteiger partial charge in [0.2, 0.25) is 0 Å². The van der Waals surface area contributed by atoms with Gasteiger partial charge in [-0.15, -0.1) is 24.8 Å². The van der Waals surface area contributed by atoms with Gasteiger partial charge in [0.15, 0.2) is 0 Å². The molecular formula is C16H38FO3PS2. The van der Waals surface area contributed by atoms with Crippen LogP contribution in [0, 0.1) is 0 Å². The zero-order valence-corrected chi connectivity index (χ0v) is 18.5. The predicted octanol–water partition coefficient (Wildman–Crippen LogP) is 7.22. The third-order valence-corrected chi connectivity index (χ3v) is 10.8. The second-order valence-corrected chi connectivity index (χ2v) is 15.6. The average molecular weight is 393 g/mol. The molecule has 0 aromatic carbocycles. The average Bonchev–Trinajstić information content (AvgIpc) is 2.37. The molecule has 0 radical (unpaired) electrons. The second-order valence-electron chi connectivity index (χ2n) is 6.98. The van der Waals surface area contributed by atoms with E-state index in [0.29, 0.717) is 0 Å². The Balaban J connectivity index is 4.34. The van der Waals surface area contributed by atoms with Gasteiger partial charge >= 0.3 is 7.91 Å². The Morgan fingerprint density at radius 2 is 1.09 bits per heavy atom. The van der Waals surface area contributed by atoms with Crippen molar-refractivity contribution in [3.05, 3.63) is 0 Å². The largest absolute Gasteiger partial charge is 0.532 e. The van der Waals surface area contributed by atoms with Crippen LogP contribution in [0.2, 0.25) is 0 Å². The van der Waals surface area contributed by atoms with Crippen LogP contribution in [-0.4, -0.2) is 36.5 Å². The van der Waals surface area contributed by atoms with Gasteiger partial charge in [-0.2, -0.15) is 0 Å². The molecule has 0 heterocycles. The first-order valence-electron chi connectivity index (χ1n) is 8.67. The normalized spacial score (nSPS) is 14.9. The summed E-state index contributed by atoms with van der Waals surface area (Å²) in [7, 11) is -7.81. The zero-order chi connectivity index (χ0) is 18.0. The molecule has 0 aliphatic rings. The molecule has 144 valence electrons. The Morgan fingerprint density at radius 3 is 1.39 bits per heavy atom. The molecule has 0 aromatic rings. The van der Waals surface area contributed by atoms with Crippen LogP contribution in [0.4, 0.5) is 4.20 Å². The summed E-state index contributed by atoms with van der Waals surface area (Å²) in [5, 5.41) is 0. The quantitative estimate of drug-likeness (QED) is 0.231. The molecular weight excluding hydrogens is 354 g/mol. The van der Waals surface area contributed by atoms with Crippen LogP contribution in [0.3, 0.4) is 0 Å². The highest BCUT2D eigenvalue weighted by Crippen LogP contribution is 2.69. The van der Waals surface area contributed by atoms with Gasteiger partial charge in [0, 0.05) is 0 Å². The van der Waals surface area contributed by atoms with Crippen molar-refractivity contribution in [2.45, 2.75) is 65.2 Å². The van der Waals surface area contributed by atoms with E-state index < -0.39 is 28.5 Å². The van der Waals surface area contributed by atoms with Gasteiger partial charge in [-0.3, -0.25) is 0 Å². The molecule has 3 nitrogen and oxygen atoms in total. The minimum atomic E-state index is -4.47. The van der Waals surface area contributed by atoms with Crippen LogP contribution >= 0.6 is 28.5 Å². The molecule has 0 saturated heterocycles. The Kier molecular flexibility index (Phi) is 11.8. The summed E-state index contributed by atoms with van der Waals surface area (Å²) in [4.78, 5) is 0. The first kappa shape index (κ1) is 23.8. The first-order valence-corrected chi connectivity index (χ1v) is 15.2. The number of unbranched alkanes of at least 4 members (excludes halogenated alkanes) is 6. The van der Waals surface area contributed by atoms with E-state index in [0.717, 1.165) is 50.0 Å². The topological polar surface area (TPSA) is 35.5 Å². The lowest BCUT2D eigenvalue weighted by Gasteiger charge is -2.36. The standard InChI is InChI=1S/C16H38FO3PS2/c1-7-9-11-13-15-22(3,4)19-21(17,18)20-23(5,6)16-14-12-10-8-2/h7-16H2,1-6H3. The highest BCUT2D eigenvalue weighted by molar-refractivity contribution is 8.32. The van der Waals surface area contributed by atoms with E-state index in [1.54, 1.807) is 0 Å². The minimum absolute atomic E-state index is 0.774. The number of rotatable bonds is 14. The highest BCUT2D eigenvalue weighted by Gasteiger charge is 2.35. The summed E-state index contributed by atoms with van der Waals surface area (Å²) >= 11 is 0. The number of hydrogen-bond acceptors (Lipinski definition) is 3. The molecule has 0 saturated carbocycles. The fraction of sp³-hybridized carbons (Fsp3) is 1.00. The third-order valence-electron chi connectivity index (χ3n) is 3.56. The number of hydrogen-bond donors (Lipinski definition) is 0. The van der Waals surface area contributed by atoms with Crippen LogP contribution in [0.25, 0.3) is 0 Å². The van der Waals surface area contributed by atoms with E-state index in [-0.39, 0.29) is 0 Å². The predicted molar refractivity (Wildman–Crippen MR) is 108 cm³/mol. The molecule has 0 aromatic heterocycles. The summed E-state index contributed by atoms with van der Waals surface area (Å²) in [6.07, 6.45) is 16.4. The molecule has 0 unspecified atom stereocenters. The molecule has 0 N–H and O–H groups in total. The Labute approximate surface area is 147 Å². The van der Waals surface area contributed by atoms with Crippen molar-refractivity contribution < 1.29 is 16.7 Å². The van der Waals surface area contributed by atoms with Crippen LogP contribution < -0.4 is 0 Å². The van der Waals surface area contributed by atoms with Gasteiger partial charge in [0.05, 0.1) is 0 Å². The third kappa shape index (κ3) is 13.7. The molecule has 0 aliphatic heterocycles. The van der Waals surface area contributed by atoms with E-state index >= 15 is 0 Å². The second kappa shape index (κ2) is 11.4. The summed E-state index contributed by atoms with van der Waals surface area (Å²) in [6, 6.07) is 0. The van der Waals surface area contributed by atoms with Crippen molar-refractivity contribution >= 4 is 28.5 Å². The summed E-state index contributed by atoms with van der Waals surface area (Å²) in [5.74, 6) is 1.55. The van der Waals surface area contributed by atoms with Gasteiger partial charge in [-0.25, -0.2) is 12.5 Å². The van der Waals surface area contributed by atoms with Gasteiger partial charge in [-0.05, 0) is 49.4 Å². The monoisotopic (exact) mass is 392 g/mol. The van der Waals surface area contributed by atoms with E-state index in [4.69, 9.17) is 7.94 Å². The maximum atomic E-state index is 14.4. The molecule has 7 heteroatoms. The lowest BCUT2D eigenvalue weighted by atomic mass is 10.2. The van der Waals surface area contributed by atoms with Crippen molar-refractivity contribution in [3.8, 4) is 0 Å². The molecule has 0 atom stereocenters. The fourth-order valence-electron chi connectivity index (χ4n) is 2.32. The zero-order valence-electron chi connectivity index (χ0n) is 15.9. The van der Waals surface area contributed by atoms with E-state index in [9.17, 15) is 8.76 Å². The van der Waals surface area contributed by atoms with E-state index in [1.165, 1.54) is 12.8 Å². The van der Waals surface area contributed by atoms with Crippen LogP contribution in [-0.2, 0) is 12.5 Å². The Morgan fingerprint density at radius 1 is 0.739 bits per heavy atom. The molecule has 0 spiro atoms. The Hall–Kier alpha value is 0.780. The van der Waals surface area contributed by atoms with Crippen molar-refractivity contribution in [1.82, 2.24) is 0 Å². The molecule has 0 rings (SSSR count). The van der Waals surface area contributed by atoms with Gasteiger partial charge < -0.3 is 0 Å². The maximum Gasteiger partial charge on any atom is 0.532 e. The first-order chi connectivity index (χ1) is 10.5. The summed E-state index contributed by atoms with van der Waals surface area (Å²) in [5.41, 5.74) is 0.